The first kappa shape index (κ1) is 35.0. The van der Waals surface area contributed by atoms with Gasteiger partial charge in [0.1, 0.15) is 17.3 Å². The highest BCUT2D eigenvalue weighted by Crippen LogP contribution is 2.26. The third kappa shape index (κ3) is 45.0. The Labute approximate surface area is 155 Å². The van der Waals surface area contributed by atoms with Gasteiger partial charge in [0, 0.05) is 17.1 Å². The van der Waals surface area contributed by atoms with Gasteiger partial charge >= 0.3 is 0 Å². The van der Waals surface area contributed by atoms with Crippen molar-refractivity contribution in [2.24, 2.45) is 5.73 Å². The Morgan fingerprint density at radius 1 is 0.720 bits per heavy atom. The molecule has 9 N–H and O–H groups in total. The molecule has 7 heteroatoms. The fourth-order valence-electron chi connectivity index (χ4n) is 2.40. The van der Waals surface area contributed by atoms with Crippen molar-refractivity contribution >= 4 is 17.3 Å². The summed E-state index contributed by atoms with van der Waals surface area (Å²) in [4.78, 5) is 28.3. The fraction of sp³-hybridized carbons (Fsp3) is 0.833. The number of ketones is 3. The maximum Gasteiger partial charge on any atom is 0.126 e. The molecule has 0 aromatic heterocycles. The number of piperidine rings is 1. The van der Waals surface area contributed by atoms with Crippen LogP contribution in [-0.2, 0) is 14.4 Å². The van der Waals surface area contributed by atoms with E-state index in [0.717, 1.165) is 12.8 Å². The van der Waals surface area contributed by atoms with E-state index >= 15 is 0 Å². The van der Waals surface area contributed by atoms with E-state index < -0.39 is 0 Å². The van der Waals surface area contributed by atoms with Crippen molar-refractivity contribution in [3.8, 4) is 0 Å². The lowest BCUT2D eigenvalue weighted by molar-refractivity contribution is -0.115. The fourth-order valence-corrected chi connectivity index (χ4v) is 2.40. The van der Waals surface area contributed by atoms with Crippen molar-refractivity contribution in [3.63, 3.8) is 0 Å². The Bertz CT molecular complexity index is 324. The largest absolute Gasteiger partial charge is 0.344 e. The lowest BCUT2D eigenvalue weighted by Gasteiger charge is -2.45. The zero-order chi connectivity index (χ0) is 19.4. The molecule has 0 atom stereocenters. The average Bonchev–Trinajstić information content (AvgIpc) is 2.05. The third-order valence-corrected chi connectivity index (χ3v) is 2.22. The second-order valence-corrected chi connectivity index (χ2v) is 7.79. The maximum atomic E-state index is 9.44. The van der Waals surface area contributed by atoms with Crippen molar-refractivity contribution in [1.29, 1.82) is 0 Å². The van der Waals surface area contributed by atoms with E-state index in [1.54, 1.807) is 0 Å². The number of nitrogens with two attached hydrogens (primary N) is 1. The number of Topliss-reactive ketones (excluding diaryl/α,β-unsaturated/α-hetero) is 3. The molecule has 0 radical (unpaired) electrons. The van der Waals surface area contributed by atoms with Crippen LogP contribution in [0.15, 0.2) is 0 Å². The van der Waals surface area contributed by atoms with Gasteiger partial charge in [0.05, 0.1) is 0 Å². The summed E-state index contributed by atoms with van der Waals surface area (Å²) >= 11 is 0. The molecule has 0 aliphatic carbocycles. The van der Waals surface area contributed by atoms with Crippen molar-refractivity contribution < 1.29 is 14.4 Å². The van der Waals surface area contributed by atoms with Gasteiger partial charge < -0.3 is 37.7 Å². The van der Waals surface area contributed by atoms with E-state index in [0.29, 0.717) is 6.04 Å². The molecular formula is C18H44N4O3. The minimum absolute atomic E-state index is 0. The summed E-state index contributed by atoms with van der Waals surface area (Å²) in [6, 6.07) is 0.362. The summed E-state index contributed by atoms with van der Waals surface area (Å²) in [7, 11) is 0. The van der Waals surface area contributed by atoms with Crippen molar-refractivity contribution in [2.75, 3.05) is 0 Å². The Morgan fingerprint density at radius 2 is 0.880 bits per heavy atom. The summed E-state index contributed by atoms with van der Waals surface area (Å²) in [6.07, 6.45) is 2.16. The number of nitrogens with one attached hydrogen (secondary N) is 1. The molecule has 0 aromatic rings. The second kappa shape index (κ2) is 16.3. The van der Waals surface area contributed by atoms with E-state index in [1.807, 2.05) is 0 Å². The highest BCUT2D eigenvalue weighted by molar-refractivity contribution is 5.72. The molecule has 1 saturated heterocycles. The minimum Gasteiger partial charge on any atom is -0.344 e. The lowest BCUT2D eigenvalue weighted by atomic mass is 9.80. The summed E-state index contributed by atoms with van der Waals surface area (Å²) in [5.74, 6) is 0.500. The molecule has 1 rings (SSSR count). The molecule has 0 aromatic carbocycles. The minimum atomic E-state index is 0. The van der Waals surface area contributed by atoms with Crippen LogP contribution in [0.25, 0.3) is 0 Å². The third-order valence-electron chi connectivity index (χ3n) is 2.22. The first-order valence-electron chi connectivity index (χ1n) is 7.97. The van der Waals surface area contributed by atoms with Crippen LogP contribution in [0.4, 0.5) is 0 Å². The van der Waals surface area contributed by atoms with Gasteiger partial charge in [-0.05, 0) is 82.1 Å². The van der Waals surface area contributed by atoms with E-state index in [-0.39, 0.29) is 40.7 Å². The smallest absolute Gasteiger partial charge is 0.126 e. The molecule has 1 heterocycles. The zero-order valence-electron chi connectivity index (χ0n) is 18.2. The molecule has 1 fully saturated rings. The van der Waals surface area contributed by atoms with Gasteiger partial charge in [-0.15, -0.1) is 0 Å². The van der Waals surface area contributed by atoms with Crippen LogP contribution in [0.5, 0.6) is 0 Å². The molecule has 0 amide bonds. The SMILES string of the molecule is CC(C)=O.CC(C)=O.CC(C)=O.CC1(C)CC(N)CC(C)(C)N1.N.N. The van der Waals surface area contributed by atoms with E-state index in [1.165, 1.54) is 41.5 Å². The summed E-state index contributed by atoms with van der Waals surface area (Å²) in [5.41, 5.74) is 6.36. The molecule has 25 heavy (non-hydrogen) atoms. The quantitative estimate of drug-likeness (QED) is 0.512. The van der Waals surface area contributed by atoms with E-state index in [2.05, 4.69) is 33.0 Å². The van der Waals surface area contributed by atoms with Gasteiger partial charge in [-0.1, -0.05) is 0 Å². The van der Waals surface area contributed by atoms with Gasteiger partial charge in [0.2, 0.25) is 0 Å². The Kier molecular flexibility index (Phi) is 22.9. The second-order valence-electron chi connectivity index (χ2n) is 7.79. The first-order valence-corrected chi connectivity index (χ1v) is 7.97. The molecule has 7 nitrogen and oxygen atoms in total. The topological polar surface area (TPSA) is 159 Å². The van der Waals surface area contributed by atoms with E-state index in [4.69, 9.17) is 5.73 Å². The van der Waals surface area contributed by atoms with Gasteiger partial charge in [-0.25, -0.2) is 0 Å². The zero-order valence-corrected chi connectivity index (χ0v) is 18.2. The van der Waals surface area contributed by atoms with Crippen LogP contribution >= 0.6 is 0 Å². The Balaban J connectivity index is -0.0000000810. The number of carbonyl (C=O) groups is 3. The van der Waals surface area contributed by atoms with E-state index in [9.17, 15) is 14.4 Å². The Morgan fingerprint density at radius 3 is 1.00 bits per heavy atom. The van der Waals surface area contributed by atoms with Crippen LogP contribution in [0, 0.1) is 0 Å². The number of rotatable bonds is 0. The van der Waals surface area contributed by atoms with Crippen molar-refractivity contribution in [2.45, 2.75) is 99.2 Å². The standard InChI is InChI=1S/C9H20N2.3C3H6O.2H3N/c1-8(2)5-7(10)6-9(3,4)11-8;3*1-3(2)4;;/h7,11H,5-6,10H2,1-4H3;3*1-2H3;2*1H3. The highest BCUT2D eigenvalue weighted by atomic mass is 16.1. The van der Waals surface area contributed by atoms with Crippen molar-refractivity contribution in [3.05, 3.63) is 0 Å². The Hall–Kier alpha value is -1.15. The van der Waals surface area contributed by atoms with Gasteiger partial charge in [-0.2, -0.15) is 0 Å². The monoisotopic (exact) mass is 364 g/mol. The van der Waals surface area contributed by atoms with Crippen LogP contribution in [0.3, 0.4) is 0 Å². The van der Waals surface area contributed by atoms with Crippen LogP contribution in [0.2, 0.25) is 0 Å². The maximum absolute atomic E-state index is 9.44. The molecule has 0 unspecified atom stereocenters. The number of carbonyl (C=O) groups excluding carboxylic acids is 3. The molecule has 1 aliphatic rings. The summed E-state index contributed by atoms with van der Waals surface area (Å²) < 4.78 is 0. The van der Waals surface area contributed by atoms with Crippen LogP contribution < -0.4 is 23.4 Å². The van der Waals surface area contributed by atoms with Crippen LogP contribution in [-0.4, -0.2) is 34.5 Å². The highest BCUT2D eigenvalue weighted by Gasteiger charge is 2.35. The van der Waals surface area contributed by atoms with Gasteiger partial charge in [-0.3, -0.25) is 0 Å². The van der Waals surface area contributed by atoms with Gasteiger partial charge in [0.15, 0.2) is 0 Å². The normalized spacial score (nSPS) is 16.4. The predicted molar refractivity (Wildman–Crippen MR) is 108 cm³/mol. The molecular weight excluding hydrogens is 320 g/mol. The van der Waals surface area contributed by atoms with Gasteiger partial charge in [0.25, 0.3) is 0 Å². The molecule has 0 bridgehead atoms. The molecule has 0 saturated carbocycles. The lowest BCUT2D eigenvalue weighted by Crippen LogP contribution is -2.60. The predicted octanol–water partition coefficient (Wildman–Crippen LogP) is 3.36. The first-order chi connectivity index (χ1) is 10.0. The molecule has 0 spiro atoms. The molecule has 154 valence electrons. The average molecular weight is 365 g/mol. The number of hydrogen-bond donors (Lipinski definition) is 4. The van der Waals surface area contributed by atoms with Crippen molar-refractivity contribution in [1.82, 2.24) is 17.6 Å². The molecule has 1 aliphatic heterocycles. The summed E-state index contributed by atoms with van der Waals surface area (Å²) in [5, 5.41) is 3.58. The summed E-state index contributed by atoms with van der Waals surface area (Å²) in [6.45, 7) is 18.0. The number of hydrogen-bond acceptors (Lipinski definition) is 7. The van der Waals surface area contributed by atoms with Crippen LogP contribution in [0.1, 0.15) is 82.1 Å².